The van der Waals surface area contributed by atoms with Crippen LogP contribution >= 0.6 is 11.8 Å². The van der Waals surface area contributed by atoms with Crippen molar-refractivity contribution < 1.29 is 33.6 Å². The Labute approximate surface area is 185 Å². The van der Waals surface area contributed by atoms with Gasteiger partial charge in [0.25, 0.3) is 0 Å². The van der Waals surface area contributed by atoms with Gasteiger partial charge in [-0.15, -0.1) is 0 Å². The molecule has 2 aromatic carbocycles. The summed E-state index contributed by atoms with van der Waals surface area (Å²) in [4.78, 5) is 23.9. The van der Waals surface area contributed by atoms with E-state index >= 15 is 0 Å². The smallest absolute Gasteiger partial charge is 0.303 e. The van der Waals surface area contributed by atoms with Gasteiger partial charge in [-0.2, -0.15) is 0 Å². The molecule has 0 radical (unpaired) electrons. The highest BCUT2D eigenvalue weighted by atomic mass is 32.2. The molecule has 8 heteroatoms. The van der Waals surface area contributed by atoms with Crippen LogP contribution < -0.4 is 0 Å². The molecule has 0 unspecified atom stereocenters. The van der Waals surface area contributed by atoms with Crippen molar-refractivity contribution in [3.05, 3.63) is 66.2 Å². The fourth-order valence-electron chi connectivity index (χ4n) is 3.24. The van der Waals surface area contributed by atoms with Gasteiger partial charge in [0, 0.05) is 18.7 Å². The average molecular weight is 447 g/mol. The van der Waals surface area contributed by atoms with Gasteiger partial charge in [-0.1, -0.05) is 60.3 Å². The highest BCUT2D eigenvalue weighted by Gasteiger charge is 2.48. The molecule has 5 atom stereocenters. The van der Waals surface area contributed by atoms with Gasteiger partial charge in [0.15, 0.2) is 6.10 Å². The zero-order chi connectivity index (χ0) is 22.2. The summed E-state index contributed by atoms with van der Waals surface area (Å²) in [5, 5.41) is 11.1. The van der Waals surface area contributed by atoms with Crippen LogP contribution in [0.3, 0.4) is 0 Å². The molecule has 1 aliphatic heterocycles. The van der Waals surface area contributed by atoms with Crippen LogP contribution in [0.1, 0.15) is 19.4 Å². The van der Waals surface area contributed by atoms with E-state index in [9.17, 15) is 14.7 Å². The lowest BCUT2D eigenvalue weighted by molar-refractivity contribution is -0.233. The van der Waals surface area contributed by atoms with Gasteiger partial charge in [-0.05, 0) is 17.7 Å². The number of benzene rings is 2. The van der Waals surface area contributed by atoms with E-state index in [1.54, 1.807) is 0 Å². The van der Waals surface area contributed by atoms with Gasteiger partial charge < -0.3 is 24.1 Å². The number of ether oxygens (including phenoxy) is 4. The molecular weight excluding hydrogens is 420 g/mol. The lowest BCUT2D eigenvalue weighted by Crippen LogP contribution is -2.59. The third-order valence-electron chi connectivity index (χ3n) is 4.65. The lowest BCUT2D eigenvalue weighted by Gasteiger charge is -2.43. The SMILES string of the molecule is CC(=O)OC[C@H]1O[C@@H](Sc2ccccc2)[C@H](OCc2ccccc2)[C@@H](O)[C@@H]1OC(C)=O. The molecule has 0 spiro atoms. The minimum absolute atomic E-state index is 0.151. The van der Waals surface area contributed by atoms with Crippen molar-refractivity contribution in [3.63, 3.8) is 0 Å². The Balaban J connectivity index is 1.83. The number of carbonyl (C=O) groups is 2. The Morgan fingerprint density at radius 3 is 2.23 bits per heavy atom. The van der Waals surface area contributed by atoms with Crippen molar-refractivity contribution in [1.29, 1.82) is 0 Å². The Hall–Kier alpha value is -2.39. The van der Waals surface area contributed by atoms with E-state index in [-0.39, 0.29) is 13.2 Å². The number of hydrogen-bond donors (Lipinski definition) is 1. The predicted octanol–water partition coefficient (Wildman–Crippen LogP) is 2.94. The quantitative estimate of drug-likeness (QED) is 0.619. The van der Waals surface area contributed by atoms with Crippen molar-refractivity contribution in [2.45, 2.75) is 55.2 Å². The summed E-state index contributed by atoms with van der Waals surface area (Å²) < 4.78 is 22.6. The Kier molecular flexibility index (Phi) is 8.48. The first kappa shape index (κ1) is 23.3. The summed E-state index contributed by atoms with van der Waals surface area (Å²) in [5.41, 5.74) is 0.317. The van der Waals surface area contributed by atoms with E-state index in [1.165, 1.54) is 25.6 Å². The van der Waals surface area contributed by atoms with Crippen LogP contribution in [-0.4, -0.2) is 53.5 Å². The molecule has 0 aromatic heterocycles. The summed E-state index contributed by atoms with van der Waals surface area (Å²) in [7, 11) is 0. The molecule has 7 nitrogen and oxygen atoms in total. The molecule has 1 fully saturated rings. The van der Waals surface area contributed by atoms with E-state index in [0.29, 0.717) is 0 Å². The van der Waals surface area contributed by atoms with Gasteiger partial charge in [-0.25, -0.2) is 0 Å². The third kappa shape index (κ3) is 6.80. The third-order valence-corrected chi connectivity index (χ3v) is 5.81. The number of esters is 2. The normalized spacial score (nSPS) is 25.6. The van der Waals surface area contributed by atoms with Crippen LogP contribution in [0.5, 0.6) is 0 Å². The highest BCUT2D eigenvalue weighted by Crippen LogP contribution is 2.36. The van der Waals surface area contributed by atoms with Crippen LogP contribution in [0.25, 0.3) is 0 Å². The number of hydrogen-bond acceptors (Lipinski definition) is 8. The largest absolute Gasteiger partial charge is 0.463 e. The maximum Gasteiger partial charge on any atom is 0.303 e. The summed E-state index contributed by atoms with van der Waals surface area (Å²) in [5.74, 6) is -1.06. The second kappa shape index (κ2) is 11.3. The van der Waals surface area contributed by atoms with Gasteiger partial charge in [0.05, 0.1) is 6.61 Å². The lowest BCUT2D eigenvalue weighted by atomic mass is 9.99. The fraction of sp³-hybridized carbons (Fsp3) is 0.391. The molecule has 1 N–H and O–H groups in total. The van der Waals surface area contributed by atoms with Gasteiger partial charge >= 0.3 is 11.9 Å². The topological polar surface area (TPSA) is 91.3 Å². The molecule has 1 heterocycles. The standard InChI is InChI=1S/C23H26O7S/c1-15(24)27-14-19-21(29-16(2)25)20(26)22(28-13-17-9-5-3-6-10-17)23(30-19)31-18-11-7-4-8-12-18/h3-12,19-23,26H,13-14H2,1-2H3/t19-,20+,21-,22-,23+/m1/s1. The summed E-state index contributed by atoms with van der Waals surface area (Å²) in [6, 6.07) is 19.1. The van der Waals surface area contributed by atoms with E-state index in [2.05, 4.69) is 0 Å². The van der Waals surface area contributed by atoms with Gasteiger partial charge in [0.1, 0.15) is 30.4 Å². The van der Waals surface area contributed by atoms with Crippen LogP contribution in [-0.2, 0) is 35.1 Å². The maximum absolute atomic E-state index is 11.7. The first-order valence-electron chi connectivity index (χ1n) is 9.95. The van der Waals surface area contributed by atoms with E-state index in [0.717, 1.165) is 10.5 Å². The number of rotatable bonds is 8. The maximum atomic E-state index is 11.7. The number of aliphatic hydroxyl groups is 1. The fourth-order valence-corrected chi connectivity index (χ4v) is 4.39. The van der Waals surface area contributed by atoms with Gasteiger partial charge in [0.2, 0.25) is 0 Å². The molecule has 1 saturated heterocycles. The minimum Gasteiger partial charge on any atom is -0.463 e. The molecule has 0 saturated carbocycles. The molecule has 0 aliphatic carbocycles. The summed E-state index contributed by atoms with van der Waals surface area (Å²) in [6.45, 7) is 2.63. The van der Waals surface area contributed by atoms with E-state index in [4.69, 9.17) is 18.9 Å². The number of thioether (sulfide) groups is 1. The summed E-state index contributed by atoms with van der Waals surface area (Å²) in [6.07, 6.45) is -3.84. The monoisotopic (exact) mass is 446 g/mol. The number of aliphatic hydroxyl groups excluding tert-OH is 1. The van der Waals surface area contributed by atoms with Crippen molar-refractivity contribution in [1.82, 2.24) is 0 Å². The molecular formula is C23H26O7S. The van der Waals surface area contributed by atoms with Crippen molar-refractivity contribution >= 4 is 23.7 Å². The van der Waals surface area contributed by atoms with Crippen LogP contribution in [0.4, 0.5) is 0 Å². The molecule has 166 valence electrons. The second-order valence-corrected chi connectivity index (χ2v) is 8.27. The minimum atomic E-state index is -1.18. The Morgan fingerprint density at radius 1 is 0.968 bits per heavy atom. The van der Waals surface area contributed by atoms with Crippen molar-refractivity contribution in [2.75, 3.05) is 6.61 Å². The second-order valence-electron chi connectivity index (χ2n) is 7.10. The zero-order valence-electron chi connectivity index (χ0n) is 17.4. The number of carbonyl (C=O) groups excluding carboxylic acids is 2. The molecule has 0 amide bonds. The predicted molar refractivity (Wildman–Crippen MR) is 114 cm³/mol. The average Bonchev–Trinajstić information content (AvgIpc) is 2.75. The first-order valence-corrected chi connectivity index (χ1v) is 10.8. The molecule has 0 bridgehead atoms. The Morgan fingerprint density at radius 2 is 1.61 bits per heavy atom. The first-order chi connectivity index (χ1) is 14.9. The van der Waals surface area contributed by atoms with Crippen molar-refractivity contribution in [2.24, 2.45) is 0 Å². The molecule has 2 aromatic rings. The molecule has 3 rings (SSSR count). The van der Waals surface area contributed by atoms with Crippen LogP contribution in [0.15, 0.2) is 65.6 Å². The summed E-state index contributed by atoms with van der Waals surface area (Å²) >= 11 is 1.38. The van der Waals surface area contributed by atoms with Crippen molar-refractivity contribution in [3.8, 4) is 0 Å². The molecule has 1 aliphatic rings. The van der Waals surface area contributed by atoms with Crippen LogP contribution in [0, 0.1) is 0 Å². The molecule has 31 heavy (non-hydrogen) atoms. The van der Waals surface area contributed by atoms with Gasteiger partial charge in [-0.3, -0.25) is 9.59 Å². The highest BCUT2D eigenvalue weighted by molar-refractivity contribution is 7.99. The van der Waals surface area contributed by atoms with Crippen LogP contribution in [0.2, 0.25) is 0 Å². The van der Waals surface area contributed by atoms with E-state index < -0.39 is 41.8 Å². The Bertz CT molecular complexity index is 846. The van der Waals surface area contributed by atoms with E-state index in [1.807, 2.05) is 60.7 Å². The zero-order valence-corrected chi connectivity index (χ0v) is 18.2.